The van der Waals surface area contributed by atoms with E-state index in [1.54, 1.807) is 42.5 Å². The molecule has 0 aliphatic carbocycles. The standard InChI is InChI=1S/C19H27FN6/c1-3-25-9-4-5-16(25)13-24-19(21-2)23-12-15-6-7-18(17(20)11-15)26-10-8-22-14-26/h6-8,10-11,14,16H,3-5,9,12-13H2,1-2H3,(H2,21,23,24). The van der Waals surface area contributed by atoms with Gasteiger partial charge in [-0.1, -0.05) is 13.0 Å². The summed E-state index contributed by atoms with van der Waals surface area (Å²) < 4.78 is 16.0. The fourth-order valence-electron chi connectivity index (χ4n) is 3.43. The van der Waals surface area contributed by atoms with Crippen LogP contribution in [0.25, 0.3) is 5.69 Å². The summed E-state index contributed by atoms with van der Waals surface area (Å²) in [6.45, 7) is 5.86. The van der Waals surface area contributed by atoms with Gasteiger partial charge in [0, 0.05) is 38.6 Å². The van der Waals surface area contributed by atoms with E-state index >= 15 is 0 Å². The summed E-state index contributed by atoms with van der Waals surface area (Å²) in [5.41, 5.74) is 1.36. The van der Waals surface area contributed by atoms with Crippen LogP contribution in [-0.4, -0.2) is 53.1 Å². The van der Waals surface area contributed by atoms with Gasteiger partial charge in [0.15, 0.2) is 5.96 Å². The molecule has 0 radical (unpaired) electrons. The molecule has 1 fully saturated rings. The summed E-state index contributed by atoms with van der Waals surface area (Å²) in [6.07, 6.45) is 7.43. The number of aromatic nitrogens is 2. The number of halogens is 1. The molecule has 2 aromatic rings. The summed E-state index contributed by atoms with van der Waals surface area (Å²) in [6, 6.07) is 5.78. The van der Waals surface area contributed by atoms with Crippen LogP contribution in [0.3, 0.4) is 0 Å². The number of rotatable bonds is 6. The molecule has 1 aromatic carbocycles. The minimum absolute atomic E-state index is 0.269. The van der Waals surface area contributed by atoms with Crippen LogP contribution in [0.2, 0.25) is 0 Å². The number of imidazole rings is 1. The molecule has 1 atom stereocenters. The van der Waals surface area contributed by atoms with E-state index in [9.17, 15) is 4.39 Å². The SMILES string of the molecule is CCN1CCCC1CNC(=NC)NCc1ccc(-n2ccnc2)c(F)c1. The van der Waals surface area contributed by atoms with Gasteiger partial charge in [0.1, 0.15) is 5.82 Å². The van der Waals surface area contributed by atoms with Crippen molar-refractivity contribution in [2.24, 2.45) is 4.99 Å². The predicted octanol–water partition coefficient (Wildman–Crippen LogP) is 2.16. The predicted molar refractivity (Wildman–Crippen MR) is 102 cm³/mol. The molecule has 140 valence electrons. The van der Waals surface area contributed by atoms with Crippen LogP contribution in [0.15, 0.2) is 41.9 Å². The molecule has 0 bridgehead atoms. The molecule has 26 heavy (non-hydrogen) atoms. The summed E-state index contributed by atoms with van der Waals surface area (Å²) >= 11 is 0. The van der Waals surface area contributed by atoms with Crippen LogP contribution < -0.4 is 10.6 Å². The van der Waals surface area contributed by atoms with Gasteiger partial charge in [0.05, 0.1) is 12.0 Å². The van der Waals surface area contributed by atoms with Gasteiger partial charge in [-0.25, -0.2) is 9.37 Å². The first-order valence-corrected chi connectivity index (χ1v) is 9.16. The molecule has 1 aliphatic heterocycles. The molecular formula is C19H27FN6. The maximum absolute atomic E-state index is 14.3. The van der Waals surface area contributed by atoms with Crippen LogP contribution in [0.4, 0.5) is 4.39 Å². The van der Waals surface area contributed by atoms with Crippen LogP contribution in [0.5, 0.6) is 0 Å². The number of nitrogens with zero attached hydrogens (tertiary/aromatic N) is 4. The highest BCUT2D eigenvalue weighted by molar-refractivity contribution is 5.79. The Labute approximate surface area is 154 Å². The molecule has 2 heterocycles. The topological polar surface area (TPSA) is 57.5 Å². The van der Waals surface area contributed by atoms with Crippen LogP contribution >= 0.6 is 0 Å². The lowest BCUT2D eigenvalue weighted by atomic mass is 10.2. The summed E-state index contributed by atoms with van der Waals surface area (Å²) in [4.78, 5) is 10.7. The smallest absolute Gasteiger partial charge is 0.191 e. The molecular weight excluding hydrogens is 331 g/mol. The van der Waals surface area contributed by atoms with Crippen molar-refractivity contribution in [2.45, 2.75) is 32.4 Å². The zero-order valence-corrected chi connectivity index (χ0v) is 15.5. The molecule has 3 rings (SSSR count). The highest BCUT2D eigenvalue weighted by Crippen LogP contribution is 2.16. The van der Waals surface area contributed by atoms with Crippen LogP contribution in [0, 0.1) is 5.82 Å². The summed E-state index contributed by atoms with van der Waals surface area (Å²) in [7, 11) is 1.75. The fourth-order valence-corrected chi connectivity index (χ4v) is 3.43. The van der Waals surface area contributed by atoms with Crippen molar-refractivity contribution in [2.75, 3.05) is 26.7 Å². The van der Waals surface area contributed by atoms with Gasteiger partial charge >= 0.3 is 0 Å². The maximum Gasteiger partial charge on any atom is 0.191 e. The third-order valence-electron chi connectivity index (χ3n) is 4.89. The second-order valence-electron chi connectivity index (χ2n) is 6.49. The van der Waals surface area contributed by atoms with Gasteiger partial charge in [-0.3, -0.25) is 9.89 Å². The average Bonchev–Trinajstić information content (AvgIpc) is 3.33. The van der Waals surface area contributed by atoms with E-state index < -0.39 is 0 Å². The normalized spacial score (nSPS) is 18.3. The van der Waals surface area contributed by atoms with E-state index in [2.05, 4.69) is 32.4 Å². The highest BCUT2D eigenvalue weighted by atomic mass is 19.1. The Hall–Kier alpha value is -2.41. The second kappa shape index (κ2) is 8.80. The van der Waals surface area contributed by atoms with E-state index in [0.717, 1.165) is 24.6 Å². The lowest BCUT2D eigenvalue weighted by Crippen LogP contribution is -2.44. The van der Waals surface area contributed by atoms with Crippen molar-refractivity contribution in [1.29, 1.82) is 0 Å². The minimum Gasteiger partial charge on any atom is -0.355 e. The fraction of sp³-hybridized carbons (Fsp3) is 0.474. The largest absolute Gasteiger partial charge is 0.355 e. The Kier molecular flexibility index (Phi) is 6.22. The molecule has 0 spiro atoms. The first kappa shape index (κ1) is 18.4. The molecule has 0 amide bonds. The lowest BCUT2D eigenvalue weighted by molar-refractivity contribution is 0.267. The van der Waals surface area contributed by atoms with Crippen LogP contribution in [0.1, 0.15) is 25.3 Å². The molecule has 2 N–H and O–H groups in total. The van der Waals surface area contributed by atoms with Crippen molar-refractivity contribution in [3.05, 3.63) is 48.3 Å². The first-order chi connectivity index (χ1) is 12.7. The van der Waals surface area contributed by atoms with Crippen molar-refractivity contribution in [1.82, 2.24) is 25.1 Å². The lowest BCUT2D eigenvalue weighted by Gasteiger charge is -2.24. The monoisotopic (exact) mass is 358 g/mol. The number of likely N-dealkylation sites (tertiary alicyclic amines) is 1. The van der Waals surface area contributed by atoms with Crippen molar-refractivity contribution in [3.63, 3.8) is 0 Å². The Morgan fingerprint density at radius 3 is 2.96 bits per heavy atom. The Balaban J connectivity index is 1.53. The molecule has 1 aliphatic rings. The van der Waals surface area contributed by atoms with Crippen molar-refractivity contribution >= 4 is 5.96 Å². The number of benzene rings is 1. The summed E-state index contributed by atoms with van der Waals surface area (Å²) in [5.74, 6) is 0.474. The first-order valence-electron chi connectivity index (χ1n) is 9.16. The van der Waals surface area contributed by atoms with Gasteiger partial charge in [-0.05, 0) is 43.6 Å². The van der Waals surface area contributed by atoms with E-state index in [-0.39, 0.29) is 5.82 Å². The number of likely N-dealkylation sites (N-methyl/N-ethyl adjacent to an activating group) is 1. The van der Waals surface area contributed by atoms with Crippen molar-refractivity contribution in [3.8, 4) is 5.69 Å². The number of guanidine groups is 1. The summed E-state index contributed by atoms with van der Waals surface area (Å²) in [5, 5.41) is 6.64. The van der Waals surface area contributed by atoms with E-state index in [0.29, 0.717) is 18.3 Å². The number of hydrogen-bond donors (Lipinski definition) is 2. The van der Waals surface area contributed by atoms with Gasteiger partial charge < -0.3 is 15.2 Å². The quantitative estimate of drug-likeness (QED) is 0.614. The molecule has 0 saturated carbocycles. The van der Waals surface area contributed by atoms with Gasteiger partial charge in [-0.15, -0.1) is 0 Å². The zero-order chi connectivity index (χ0) is 18.4. The molecule has 1 saturated heterocycles. The third kappa shape index (κ3) is 4.40. The van der Waals surface area contributed by atoms with E-state index in [1.165, 1.54) is 19.4 Å². The van der Waals surface area contributed by atoms with E-state index in [1.807, 2.05) is 6.07 Å². The van der Waals surface area contributed by atoms with Crippen molar-refractivity contribution < 1.29 is 4.39 Å². The highest BCUT2D eigenvalue weighted by Gasteiger charge is 2.22. The van der Waals surface area contributed by atoms with Gasteiger partial charge in [-0.2, -0.15) is 0 Å². The number of aliphatic imine (C=N–C) groups is 1. The Bertz CT molecular complexity index is 728. The molecule has 7 heteroatoms. The molecule has 1 unspecified atom stereocenters. The zero-order valence-electron chi connectivity index (χ0n) is 15.5. The third-order valence-corrected chi connectivity index (χ3v) is 4.89. The molecule has 1 aromatic heterocycles. The number of hydrogen-bond acceptors (Lipinski definition) is 3. The number of nitrogens with one attached hydrogen (secondary N) is 2. The maximum atomic E-state index is 14.3. The van der Waals surface area contributed by atoms with Gasteiger partial charge in [0.2, 0.25) is 0 Å². The molecule has 6 nitrogen and oxygen atoms in total. The van der Waals surface area contributed by atoms with Gasteiger partial charge in [0.25, 0.3) is 0 Å². The minimum atomic E-state index is -0.269. The Morgan fingerprint density at radius 2 is 2.27 bits per heavy atom. The van der Waals surface area contributed by atoms with E-state index in [4.69, 9.17) is 0 Å². The second-order valence-corrected chi connectivity index (χ2v) is 6.49. The average molecular weight is 358 g/mol. The van der Waals surface area contributed by atoms with Crippen LogP contribution in [-0.2, 0) is 6.54 Å². The Morgan fingerprint density at radius 1 is 1.38 bits per heavy atom.